The smallest absolute Gasteiger partial charge is 0.224 e. The lowest BCUT2D eigenvalue weighted by Gasteiger charge is -2.22. The zero-order valence-electron chi connectivity index (χ0n) is 13.7. The van der Waals surface area contributed by atoms with Crippen LogP contribution in [0.1, 0.15) is 25.7 Å². The van der Waals surface area contributed by atoms with Gasteiger partial charge in [0.15, 0.2) is 0 Å². The van der Waals surface area contributed by atoms with Crippen molar-refractivity contribution in [1.29, 1.82) is 0 Å². The van der Waals surface area contributed by atoms with Crippen LogP contribution in [0.15, 0.2) is 24.3 Å². The molecule has 0 atom stereocenters. The normalized spacial score (nSPS) is 14.8. The SMILES string of the molecule is COCCOc1cccc(NC(=O)CCC2CCNCC2)c1.Cl. The number of rotatable bonds is 8. The van der Waals surface area contributed by atoms with E-state index in [0.717, 1.165) is 30.9 Å². The second-order valence-electron chi connectivity index (χ2n) is 5.65. The minimum Gasteiger partial charge on any atom is -0.491 e. The number of halogens is 1. The molecule has 1 heterocycles. The van der Waals surface area contributed by atoms with Crippen LogP contribution in [0.4, 0.5) is 5.69 Å². The Morgan fingerprint density at radius 2 is 2.09 bits per heavy atom. The van der Waals surface area contributed by atoms with Crippen molar-refractivity contribution < 1.29 is 14.3 Å². The highest BCUT2D eigenvalue weighted by Gasteiger charge is 2.14. The summed E-state index contributed by atoms with van der Waals surface area (Å²) >= 11 is 0. The molecule has 5 nitrogen and oxygen atoms in total. The van der Waals surface area contributed by atoms with Crippen molar-refractivity contribution >= 4 is 24.0 Å². The molecule has 1 aliphatic heterocycles. The van der Waals surface area contributed by atoms with Gasteiger partial charge in [-0.1, -0.05) is 6.07 Å². The fourth-order valence-corrected chi connectivity index (χ4v) is 2.64. The third-order valence-corrected chi connectivity index (χ3v) is 3.91. The van der Waals surface area contributed by atoms with E-state index in [2.05, 4.69) is 10.6 Å². The van der Waals surface area contributed by atoms with Gasteiger partial charge in [0.25, 0.3) is 0 Å². The topological polar surface area (TPSA) is 59.6 Å². The number of nitrogens with one attached hydrogen (secondary N) is 2. The Morgan fingerprint density at radius 1 is 1.30 bits per heavy atom. The van der Waals surface area contributed by atoms with Gasteiger partial charge in [0.1, 0.15) is 12.4 Å². The molecule has 2 N–H and O–H groups in total. The lowest BCUT2D eigenvalue weighted by atomic mass is 9.93. The first-order valence-electron chi connectivity index (χ1n) is 8.00. The molecular weight excluding hydrogens is 316 g/mol. The standard InChI is InChI=1S/C17H26N2O3.ClH/c1-21-11-12-22-16-4-2-3-15(13-16)19-17(20)6-5-14-7-9-18-10-8-14;/h2-4,13-14,18H,5-12H2,1H3,(H,19,20);1H. The van der Waals surface area contributed by atoms with Gasteiger partial charge >= 0.3 is 0 Å². The van der Waals surface area contributed by atoms with Crippen LogP contribution in [-0.2, 0) is 9.53 Å². The maximum absolute atomic E-state index is 12.0. The number of carbonyl (C=O) groups is 1. The number of benzene rings is 1. The van der Waals surface area contributed by atoms with E-state index >= 15 is 0 Å². The summed E-state index contributed by atoms with van der Waals surface area (Å²) in [5, 5.41) is 6.29. The Balaban J connectivity index is 0.00000264. The van der Waals surface area contributed by atoms with E-state index in [1.165, 1.54) is 12.8 Å². The van der Waals surface area contributed by atoms with Crippen LogP contribution in [0.3, 0.4) is 0 Å². The van der Waals surface area contributed by atoms with Crippen molar-refractivity contribution in [2.75, 3.05) is 38.7 Å². The Labute approximate surface area is 144 Å². The fourth-order valence-electron chi connectivity index (χ4n) is 2.64. The number of anilines is 1. The monoisotopic (exact) mass is 342 g/mol. The van der Waals surface area contributed by atoms with Crippen molar-refractivity contribution in [2.45, 2.75) is 25.7 Å². The number of hydrogen-bond acceptors (Lipinski definition) is 4. The minimum atomic E-state index is 0. The van der Waals surface area contributed by atoms with Crippen LogP contribution in [0.25, 0.3) is 0 Å². The first-order chi connectivity index (χ1) is 10.8. The summed E-state index contributed by atoms with van der Waals surface area (Å²) in [6, 6.07) is 7.48. The predicted octanol–water partition coefficient (Wildman–Crippen LogP) is 2.85. The van der Waals surface area contributed by atoms with Crippen LogP contribution < -0.4 is 15.4 Å². The molecule has 6 heteroatoms. The van der Waals surface area contributed by atoms with Gasteiger partial charge in [0, 0.05) is 25.3 Å². The van der Waals surface area contributed by atoms with E-state index < -0.39 is 0 Å². The molecule has 1 saturated heterocycles. The van der Waals surface area contributed by atoms with Crippen LogP contribution >= 0.6 is 12.4 Å². The van der Waals surface area contributed by atoms with Gasteiger partial charge in [0.05, 0.1) is 6.61 Å². The third-order valence-electron chi connectivity index (χ3n) is 3.91. The second-order valence-corrected chi connectivity index (χ2v) is 5.65. The number of hydrogen-bond donors (Lipinski definition) is 2. The van der Waals surface area contributed by atoms with Crippen molar-refractivity contribution in [3.8, 4) is 5.75 Å². The van der Waals surface area contributed by atoms with E-state index in [1.54, 1.807) is 7.11 Å². The summed E-state index contributed by atoms with van der Waals surface area (Å²) in [6.07, 6.45) is 3.91. The van der Waals surface area contributed by atoms with E-state index in [1.807, 2.05) is 24.3 Å². The Bertz CT molecular complexity index is 465. The summed E-state index contributed by atoms with van der Waals surface area (Å²) in [7, 11) is 1.64. The summed E-state index contributed by atoms with van der Waals surface area (Å²) in [6.45, 7) is 3.21. The van der Waals surface area contributed by atoms with Crippen molar-refractivity contribution in [2.24, 2.45) is 5.92 Å². The van der Waals surface area contributed by atoms with Gasteiger partial charge in [-0.25, -0.2) is 0 Å². The molecular formula is C17H27ClN2O3. The molecule has 0 spiro atoms. The Kier molecular flexibility index (Phi) is 9.67. The number of methoxy groups -OCH3 is 1. The summed E-state index contributed by atoms with van der Waals surface area (Å²) in [4.78, 5) is 12.0. The molecule has 1 fully saturated rings. The highest BCUT2D eigenvalue weighted by molar-refractivity contribution is 5.90. The first-order valence-corrected chi connectivity index (χ1v) is 8.00. The number of carbonyl (C=O) groups excluding carboxylic acids is 1. The number of piperidine rings is 1. The number of amides is 1. The van der Waals surface area contributed by atoms with Crippen molar-refractivity contribution in [3.63, 3.8) is 0 Å². The van der Waals surface area contributed by atoms with E-state index in [-0.39, 0.29) is 18.3 Å². The summed E-state index contributed by atoms with van der Waals surface area (Å²) in [5.41, 5.74) is 0.783. The maximum atomic E-state index is 12.0. The molecule has 23 heavy (non-hydrogen) atoms. The average Bonchev–Trinajstić information content (AvgIpc) is 2.55. The van der Waals surface area contributed by atoms with Crippen LogP contribution in [0.5, 0.6) is 5.75 Å². The molecule has 0 radical (unpaired) electrons. The first kappa shape index (κ1) is 19.7. The molecule has 0 bridgehead atoms. The molecule has 0 aliphatic carbocycles. The summed E-state index contributed by atoms with van der Waals surface area (Å²) < 4.78 is 10.5. The average molecular weight is 343 g/mol. The van der Waals surface area contributed by atoms with Crippen LogP contribution in [0.2, 0.25) is 0 Å². The predicted molar refractivity (Wildman–Crippen MR) is 94.5 cm³/mol. The summed E-state index contributed by atoms with van der Waals surface area (Å²) in [5.74, 6) is 1.50. The van der Waals surface area contributed by atoms with E-state index in [9.17, 15) is 4.79 Å². The van der Waals surface area contributed by atoms with Gasteiger partial charge in [-0.15, -0.1) is 12.4 Å². The highest BCUT2D eigenvalue weighted by atomic mass is 35.5. The molecule has 1 amide bonds. The Hall–Kier alpha value is -1.30. The molecule has 0 unspecified atom stereocenters. The van der Waals surface area contributed by atoms with Crippen LogP contribution in [-0.4, -0.2) is 39.3 Å². The van der Waals surface area contributed by atoms with Crippen molar-refractivity contribution in [3.05, 3.63) is 24.3 Å². The lowest BCUT2D eigenvalue weighted by Crippen LogP contribution is -2.28. The molecule has 0 aromatic heterocycles. The number of ether oxygens (including phenoxy) is 2. The van der Waals surface area contributed by atoms with Gasteiger partial charge in [-0.3, -0.25) is 4.79 Å². The largest absolute Gasteiger partial charge is 0.491 e. The second kappa shape index (κ2) is 11.3. The van der Waals surface area contributed by atoms with Gasteiger partial charge < -0.3 is 20.1 Å². The highest BCUT2D eigenvalue weighted by Crippen LogP contribution is 2.20. The van der Waals surface area contributed by atoms with Crippen molar-refractivity contribution in [1.82, 2.24) is 5.32 Å². The zero-order valence-corrected chi connectivity index (χ0v) is 14.5. The molecule has 1 aromatic rings. The molecule has 1 aliphatic rings. The van der Waals surface area contributed by atoms with Gasteiger partial charge in [0.2, 0.25) is 5.91 Å². The maximum Gasteiger partial charge on any atom is 0.224 e. The zero-order chi connectivity index (χ0) is 15.6. The molecule has 0 saturated carbocycles. The quantitative estimate of drug-likeness (QED) is 0.713. The van der Waals surface area contributed by atoms with Crippen LogP contribution in [0, 0.1) is 5.92 Å². The lowest BCUT2D eigenvalue weighted by molar-refractivity contribution is -0.116. The van der Waals surface area contributed by atoms with E-state index in [0.29, 0.717) is 25.6 Å². The van der Waals surface area contributed by atoms with Gasteiger partial charge in [-0.2, -0.15) is 0 Å². The fraction of sp³-hybridized carbons (Fsp3) is 0.588. The molecule has 1 aromatic carbocycles. The third kappa shape index (κ3) is 7.68. The van der Waals surface area contributed by atoms with Gasteiger partial charge in [-0.05, 0) is 50.4 Å². The van der Waals surface area contributed by atoms with E-state index in [4.69, 9.17) is 9.47 Å². The molecule has 2 rings (SSSR count). The Morgan fingerprint density at radius 3 is 2.83 bits per heavy atom. The minimum absolute atomic E-state index is 0. The molecule has 130 valence electrons.